The predicted molar refractivity (Wildman–Crippen MR) is 121 cm³/mol. The number of nitrogens with zero attached hydrogens (tertiary/aromatic N) is 5. The van der Waals surface area contributed by atoms with E-state index in [9.17, 15) is 9.59 Å². The fraction of sp³-hybridized carbons (Fsp3) is 0.409. The van der Waals surface area contributed by atoms with Gasteiger partial charge in [-0.15, -0.1) is 16.4 Å². The van der Waals surface area contributed by atoms with Crippen molar-refractivity contribution in [2.45, 2.75) is 25.8 Å². The Bertz CT molecular complexity index is 1450. The zero-order chi connectivity index (χ0) is 22.5. The number of morpholine rings is 1. The number of methoxy groups -OCH3 is 1. The highest BCUT2D eigenvalue weighted by atomic mass is 32.1. The van der Waals surface area contributed by atoms with Crippen LogP contribution in [0.3, 0.4) is 0 Å². The number of esters is 1. The maximum absolute atomic E-state index is 13.3. The summed E-state index contributed by atoms with van der Waals surface area (Å²) in [5.41, 5.74) is 2.87. The van der Waals surface area contributed by atoms with E-state index in [4.69, 9.17) is 14.1 Å². The molecule has 11 heteroatoms. The van der Waals surface area contributed by atoms with Crippen LogP contribution in [0, 0.1) is 0 Å². The van der Waals surface area contributed by atoms with Crippen LogP contribution in [0.1, 0.15) is 33.9 Å². The Balaban J connectivity index is 1.44. The van der Waals surface area contributed by atoms with E-state index >= 15 is 0 Å². The van der Waals surface area contributed by atoms with E-state index in [1.165, 1.54) is 40.3 Å². The van der Waals surface area contributed by atoms with Gasteiger partial charge in [-0.05, 0) is 42.5 Å². The highest BCUT2D eigenvalue weighted by molar-refractivity contribution is 7.25. The largest absolute Gasteiger partial charge is 0.463 e. The Labute approximate surface area is 191 Å². The standard InChI is InChI=1S/C22H21N5O5S/c1-30-22(29)15-6-5-12(32-15)11-27-21(28)18-17(24-25-27)16-13-3-2-4-14(13)19(23-20(16)33-18)26-7-9-31-10-8-26/h5-6H,2-4,7-11H2,1H3. The molecular formula is C22H21N5O5S. The fourth-order valence-electron chi connectivity index (χ4n) is 4.65. The van der Waals surface area contributed by atoms with Crippen molar-refractivity contribution in [3.8, 4) is 0 Å². The zero-order valence-electron chi connectivity index (χ0n) is 18.0. The molecule has 4 aromatic rings. The molecule has 170 valence electrons. The lowest BCUT2D eigenvalue weighted by molar-refractivity contribution is 0.0562. The van der Waals surface area contributed by atoms with Gasteiger partial charge in [0.1, 0.15) is 33.2 Å². The van der Waals surface area contributed by atoms with Gasteiger partial charge in [-0.2, -0.15) is 0 Å². The first-order valence-corrected chi connectivity index (χ1v) is 11.7. The van der Waals surface area contributed by atoms with Gasteiger partial charge in [-0.1, -0.05) is 5.21 Å². The molecule has 0 radical (unpaired) electrons. The number of hydrogen-bond acceptors (Lipinski definition) is 10. The monoisotopic (exact) mass is 467 g/mol. The SMILES string of the molecule is COC(=O)c1ccc(Cn2nnc3c(sc4nc(N5CCOCC5)c5c(c43)CCC5)c2=O)o1. The van der Waals surface area contributed by atoms with E-state index < -0.39 is 5.97 Å². The molecule has 33 heavy (non-hydrogen) atoms. The molecule has 4 aromatic heterocycles. The summed E-state index contributed by atoms with van der Waals surface area (Å²) in [6.45, 7) is 3.10. The number of ether oxygens (including phenoxy) is 2. The topological polar surface area (TPSA) is 113 Å². The second-order valence-electron chi connectivity index (χ2n) is 8.12. The van der Waals surface area contributed by atoms with Crippen molar-refractivity contribution < 1.29 is 18.7 Å². The predicted octanol–water partition coefficient (Wildman–Crippen LogP) is 2.15. The van der Waals surface area contributed by atoms with E-state index in [0.717, 1.165) is 48.4 Å². The number of anilines is 1. The first-order chi connectivity index (χ1) is 16.1. The second-order valence-corrected chi connectivity index (χ2v) is 9.11. The van der Waals surface area contributed by atoms with Crippen molar-refractivity contribution in [2.75, 3.05) is 38.3 Å². The molecule has 2 aliphatic rings. The van der Waals surface area contributed by atoms with Crippen LogP contribution in [0.5, 0.6) is 0 Å². The normalized spacial score (nSPS) is 16.0. The second kappa shape index (κ2) is 7.92. The molecule has 0 N–H and O–H groups in total. The summed E-state index contributed by atoms with van der Waals surface area (Å²) in [6.07, 6.45) is 3.00. The number of furan rings is 1. The molecule has 1 aliphatic carbocycles. The lowest BCUT2D eigenvalue weighted by Gasteiger charge is -2.29. The first-order valence-electron chi connectivity index (χ1n) is 10.9. The fourth-order valence-corrected chi connectivity index (χ4v) is 5.73. The summed E-state index contributed by atoms with van der Waals surface area (Å²) in [4.78, 5) is 33.0. The van der Waals surface area contributed by atoms with Crippen LogP contribution in [0.15, 0.2) is 21.3 Å². The third kappa shape index (κ3) is 3.30. The lowest BCUT2D eigenvalue weighted by Crippen LogP contribution is -2.37. The van der Waals surface area contributed by atoms with Gasteiger partial charge in [0.2, 0.25) is 5.76 Å². The van der Waals surface area contributed by atoms with Gasteiger partial charge in [-0.25, -0.2) is 14.5 Å². The molecule has 5 heterocycles. The number of fused-ring (bicyclic) bond motifs is 5. The smallest absolute Gasteiger partial charge is 0.373 e. The molecule has 0 amide bonds. The van der Waals surface area contributed by atoms with Crippen LogP contribution in [-0.4, -0.2) is 59.4 Å². The highest BCUT2D eigenvalue weighted by Gasteiger charge is 2.28. The van der Waals surface area contributed by atoms with E-state index in [-0.39, 0.29) is 17.9 Å². The van der Waals surface area contributed by atoms with Gasteiger partial charge in [0, 0.05) is 18.5 Å². The molecule has 0 spiro atoms. The summed E-state index contributed by atoms with van der Waals surface area (Å²) in [5.74, 6) is 0.937. The van der Waals surface area contributed by atoms with E-state index in [1.807, 2.05) is 0 Å². The number of hydrogen-bond donors (Lipinski definition) is 0. The minimum absolute atomic E-state index is 0.0670. The number of aromatic nitrogens is 4. The van der Waals surface area contributed by atoms with Crippen LogP contribution in [0.4, 0.5) is 5.82 Å². The summed E-state index contributed by atoms with van der Waals surface area (Å²) in [6, 6.07) is 3.14. The molecule has 1 fully saturated rings. The molecule has 0 aromatic carbocycles. The Morgan fingerprint density at radius 1 is 1.21 bits per heavy atom. The van der Waals surface area contributed by atoms with Crippen LogP contribution < -0.4 is 10.5 Å². The first kappa shape index (κ1) is 20.3. The number of aryl methyl sites for hydroxylation is 1. The van der Waals surface area contributed by atoms with Crippen molar-refractivity contribution >= 4 is 43.6 Å². The molecular weight excluding hydrogens is 446 g/mol. The third-order valence-electron chi connectivity index (χ3n) is 6.21. The third-order valence-corrected chi connectivity index (χ3v) is 7.27. The Hall–Kier alpha value is -3.31. The van der Waals surface area contributed by atoms with Gasteiger partial charge >= 0.3 is 5.97 Å². The molecule has 0 bridgehead atoms. The molecule has 1 saturated heterocycles. The molecule has 0 atom stereocenters. The van der Waals surface area contributed by atoms with Crippen LogP contribution in [-0.2, 0) is 28.9 Å². The van der Waals surface area contributed by atoms with Crippen molar-refractivity contribution in [3.05, 3.63) is 45.1 Å². The molecule has 0 saturated carbocycles. The summed E-state index contributed by atoms with van der Waals surface area (Å²) < 4.78 is 17.4. The number of rotatable bonds is 4. The van der Waals surface area contributed by atoms with Gasteiger partial charge in [0.05, 0.1) is 20.3 Å². The van der Waals surface area contributed by atoms with Crippen molar-refractivity contribution in [1.82, 2.24) is 20.0 Å². The van der Waals surface area contributed by atoms with Crippen molar-refractivity contribution in [1.29, 1.82) is 0 Å². The van der Waals surface area contributed by atoms with Crippen LogP contribution in [0.25, 0.3) is 20.4 Å². The highest BCUT2D eigenvalue weighted by Crippen LogP contribution is 2.40. The number of carbonyl (C=O) groups excluding carboxylic acids is 1. The van der Waals surface area contributed by atoms with Gasteiger partial charge in [0.15, 0.2) is 0 Å². The molecule has 0 unspecified atom stereocenters. The zero-order valence-corrected chi connectivity index (χ0v) is 18.8. The molecule has 10 nitrogen and oxygen atoms in total. The van der Waals surface area contributed by atoms with Crippen molar-refractivity contribution in [2.24, 2.45) is 0 Å². The Morgan fingerprint density at radius 2 is 2.03 bits per heavy atom. The molecule has 6 rings (SSSR count). The Kier molecular flexibility index (Phi) is 4.88. The maximum atomic E-state index is 13.3. The van der Waals surface area contributed by atoms with E-state index in [2.05, 4.69) is 19.9 Å². The quantitative estimate of drug-likeness (QED) is 0.417. The maximum Gasteiger partial charge on any atom is 0.373 e. The van der Waals surface area contributed by atoms with Gasteiger partial charge in [-0.3, -0.25) is 4.79 Å². The Morgan fingerprint density at radius 3 is 2.85 bits per heavy atom. The average Bonchev–Trinajstić information content (AvgIpc) is 3.58. The van der Waals surface area contributed by atoms with Gasteiger partial charge in [0.25, 0.3) is 5.56 Å². The van der Waals surface area contributed by atoms with Crippen molar-refractivity contribution in [3.63, 3.8) is 0 Å². The minimum atomic E-state index is -0.573. The number of carbonyl (C=O) groups is 1. The lowest BCUT2D eigenvalue weighted by atomic mass is 10.1. The summed E-state index contributed by atoms with van der Waals surface area (Å²) in [5, 5.41) is 9.55. The summed E-state index contributed by atoms with van der Waals surface area (Å²) in [7, 11) is 1.28. The minimum Gasteiger partial charge on any atom is -0.463 e. The molecule has 1 aliphatic heterocycles. The summed E-state index contributed by atoms with van der Waals surface area (Å²) >= 11 is 1.36. The van der Waals surface area contributed by atoms with E-state index in [0.29, 0.717) is 29.2 Å². The van der Waals surface area contributed by atoms with E-state index in [1.54, 1.807) is 6.07 Å². The number of pyridine rings is 1. The number of thiophene rings is 1. The van der Waals surface area contributed by atoms with Crippen LogP contribution in [0.2, 0.25) is 0 Å². The van der Waals surface area contributed by atoms with Crippen LogP contribution >= 0.6 is 11.3 Å². The van der Waals surface area contributed by atoms with Gasteiger partial charge < -0.3 is 18.8 Å². The average molecular weight is 468 g/mol.